The summed E-state index contributed by atoms with van der Waals surface area (Å²) in [6.07, 6.45) is 11.1. The number of carbonyl (C=O) groups excluding carboxylic acids is 2. The number of nitrogens with one attached hydrogen (secondary N) is 1. The second-order valence-corrected chi connectivity index (χ2v) is 11.9. The van der Waals surface area contributed by atoms with E-state index in [4.69, 9.17) is 0 Å². The van der Waals surface area contributed by atoms with E-state index in [1.165, 1.54) is 31.0 Å². The van der Waals surface area contributed by atoms with Gasteiger partial charge in [0.25, 0.3) is 5.91 Å². The van der Waals surface area contributed by atoms with E-state index in [1.54, 1.807) is 18.5 Å². The molecular weight excluding hydrogens is 458 g/mol. The number of thioether (sulfide) groups is 1. The normalized spacial score (nSPS) is 29.3. The number of hydrogen-bond donors (Lipinski definition) is 1. The quantitative estimate of drug-likeness (QED) is 0.622. The highest BCUT2D eigenvalue weighted by Gasteiger charge is 2.51. The molecule has 5 aliphatic rings. The zero-order valence-electron chi connectivity index (χ0n) is 20.1. The van der Waals surface area contributed by atoms with Gasteiger partial charge in [-0.1, -0.05) is 12.1 Å². The predicted molar refractivity (Wildman–Crippen MR) is 136 cm³/mol. The van der Waals surface area contributed by atoms with Crippen molar-refractivity contribution in [2.24, 2.45) is 17.8 Å². The number of nitrogens with zero attached hydrogens (tertiary/aromatic N) is 4. The Bertz CT molecular complexity index is 1050. The summed E-state index contributed by atoms with van der Waals surface area (Å²) in [4.78, 5) is 39.9. The van der Waals surface area contributed by atoms with Gasteiger partial charge in [-0.05, 0) is 74.5 Å². The summed E-state index contributed by atoms with van der Waals surface area (Å²) in [5.41, 5.74) is 0.716. The molecule has 0 unspecified atom stereocenters. The first kappa shape index (κ1) is 22.8. The second-order valence-electron chi connectivity index (χ2n) is 10.9. The van der Waals surface area contributed by atoms with Crippen molar-refractivity contribution >= 4 is 29.5 Å². The smallest absolute Gasteiger partial charge is 0.255 e. The van der Waals surface area contributed by atoms with Crippen LogP contribution in [-0.4, -0.2) is 64.2 Å². The van der Waals surface area contributed by atoms with Gasteiger partial charge in [0.2, 0.25) is 11.9 Å². The number of benzene rings is 1. The Hall–Kier alpha value is -2.61. The Labute approximate surface area is 211 Å². The molecule has 4 bridgehead atoms. The molecule has 1 aromatic carbocycles. The topological polar surface area (TPSA) is 78.4 Å². The molecule has 5 fully saturated rings. The summed E-state index contributed by atoms with van der Waals surface area (Å²) in [7, 11) is 0. The third-order valence-electron chi connectivity index (χ3n) is 8.32. The minimum atomic E-state index is 0.0308. The number of piperazine rings is 1. The van der Waals surface area contributed by atoms with Crippen LogP contribution in [0.15, 0.2) is 47.6 Å². The summed E-state index contributed by atoms with van der Waals surface area (Å²) >= 11 is 1.48. The van der Waals surface area contributed by atoms with Crippen molar-refractivity contribution in [3.8, 4) is 0 Å². The van der Waals surface area contributed by atoms with Crippen LogP contribution in [0.4, 0.5) is 5.95 Å². The third kappa shape index (κ3) is 4.77. The Morgan fingerprint density at radius 1 is 0.914 bits per heavy atom. The summed E-state index contributed by atoms with van der Waals surface area (Å²) in [6.45, 7) is 2.67. The fourth-order valence-corrected chi connectivity index (χ4v) is 8.09. The SMILES string of the molecule is O=C(CSc1ccccc1C(=O)N1CCN(c2ncccn2)CC1)NC12CC3CC(CC(C3)C1)C2. The number of rotatable bonds is 6. The van der Waals surface area contributed by atoms with Gasteiger partial charge in [0.05, 0.1) is 11.3 Å². The molecule has 2 heterocycles. The molecule has 7 nitrogen and oxygen atoms in total. The molecule has 0 radical (unpaired) electrons. The number of aromatic nitrogens is 2. The van der Waals surface area contributed by atoms with E-state index < -0.39 is 0 Å². The van der Waals surface area contributed by atoms with Crippen LogP contribution in [0.2, 0.25) is 0 Å². The maximum atomic E-state index is 13.4. The summed E-state index contributed by atoms with van der Waals surface area (Å²) in [5, 5.41) is 3.45. The van der Waals surface area contributed by atoms with Crippen LogP contribution in [0.1, 0.15) is 48.9 Å². The monoisotopic (exact) mass is 491 g/mol. The molecule has 7 rings (SSSR count). The summed E-state index contributed by atoms with van der Waals surface area (Å²) < 4.78 is 0. The lowest BCUT2D eigenvalue weighted by Gasteiger charge is -2.56. The van der Waals surface area contributed by atoms with Crippen molar-refractivity contribution in [1.82, 2.24) is 20.2 Å². The molecule has 35 heavy (non-hydrogen) atoms. The highest BCUT2D eigenvalue weighted by Crippen LogP contribution is 2.55. The van der Waals surface area contributed by atoms with E-state index in [0.29, 0.717) is 43.4 Å². The first-order valence-corrected chi connectivity index (χ1v) is 13.9. The van der Waals surface area contributed by atoms with Crippen molar-refractivity contribution in [2.75, 3.05) is 36.8 Å². The molecule has 1 aromatic heterocycles. The molecule has 184 valence electrons. The zero-order chi connectivity index (χ0) is 23.8. The molecule has 1 N–H and O–H groups in total. The van der Waals surface area contributed by atoms with Crippen LogP contribution in [0.25, 0.3) is 0 Å². The molecule has 1 aliphatic heterocycles. The van der Waals surface area contributed by atoms with Crippen LogP contribution in [-0.2, 0) is 4.79 Å². The second kappa shape index (κ2) is 9.45. The minimum absolute atomic E-state index is 0.0308. The van der Waals surface area contributed by atoms with Gasteiger partial charge in [-0.15, -0.1) is 11.8 Å². The summed E-state index contributed by atoms with van der Waals surface area (Å²) in [5.74, 6) is 3.62. The Balaban J connectivity index is 1.06. The molecule has 4 aliphatic carbocycles. The average molecular weight is 492 g/mol. The fraction of sp³-hybridized carbons (Fsp3) is 0.556. The average Bonchev–Trinajstić information content (AvgIpc) is 2.87. The molecule has 0 spiro atoms. The highest BCUT2D eigenvalue weighted by molar-refractivity contribution is 8.00. The van der Waals surface area contributed by atoms with Crippen LogP contribution in [0.3, 0.4) is 0 Å². The Kier molecular flexibility index (Phi) is 6.16. The first-order valence-electron chi connectivity index (χ1n) is 12.9. The van der Waals surface area contributed by atoms with Gasteiger partial charge in [-0.2, -0.15) is 0 Å². The summed E-state index contributed by atoms with van der Waals surface area (Å²) in [6, 6.07) is 9.50. The first-order chi connectivity index (χ1) is 17.1. The molecule has 8 heteroatoms. The number of amides is 2. The van der Waals surface area contributed by atoms with Gasteiger partial charge < -0.3 is 15.1 Å². The lowest BCUT2D eigenvalue weighted by Crippen LogP contribution is -2.60. The standard InChI is InChI=1S/C27H33N5O2S/c33-24(30-27-15-19-12-20(16-27)14-21(13-19)17-27)18-35-23-5-2-1-4-22(23)25(34)31-8-10-32(11-9-31)26-28-6-3-7-29-26/h1-7,19-21H,8-18H2,(H,30,33). The van der Waals surface area contributed by atoms with E-state index in [1.807, 2.05) is 29.2 Å². The third-order valence-corrected chi connectivity index (χ3v) is 9.39. The molecule has 1 saturated heterocycles. The Morgan fingerprint density at radius 2 is 1.54 bits per heavy atom. The van der Waals surface area contributed by atoms with E-state index in [-0.39, 0.29) is 17.4 Å². The minimum Gasteiger partial charge on any atom is -0.350 e. The van der Waals surface area contributed by atoms with Crippen LogP contribution in [0.5, 0.6) is 0 Å². The van der Waals surface area contributed by atoms with Crippen molar-refractivity contribution in [3.05, 3.63) is 48.3 Å². The van der Waals surface area contributed by atoms with E-state index in [0.717, 1.165) is 41.9 Å². The molecule has 0 atom stereocenters. The van der Waals surface area contributed by atoms with Crippen LogP contribution in [0, 0.1) is 17.8 Å². The van der Waals surface area contributed by atoms with Gasteiger partial charge in [0, 0.05) is 49.0 Å². The van der Waals surface area contributed by atoms with Crippen LogP contribution < -0.4 is 10.2 Å². The number of carbonyl (C=O) groups is 2. The van der Waals surface area contributed by atoms with Crippen LogP contribution >= 0.6 is 11.8 Å². The maximum absolute atomic E-state index is 13.4. The maximum Gasteiger partial charge on any atom is 0.255 e. The molecular formula is C27H33N5O2S. The molecule has 2 aromatic rings. The van der Waals surface area contributed by atoms with E-state index >= 15 is 0 Å². The largest absolute Gasteiger partial charge is 0.350 e. The number of anilines is 1. The zero-order valence-corrected chi connectivity index (χ0v) is 20.9. The van der Waals surface area contributed by atoms with Gasteiger partial charge >= 0.3 is 0 Å². The predicted octanol–water partition coefficient (Wildman–Crippen LogP) is 3.62. The lowest BCUT2D eigenvalue weighted by atomic mass is 9.53. The fourth-order valence-electron chi connectivity index (χ4n) is 7.24. The highest BCUT2D eigenvalue weighted by atomic mass is 32.2. The van der Waals surface area contributed by atoms with Gasteiger partial charge in [0.1, 0.15) is 0 Å². The van der Waals surface area contributed by atoms with Crippen molar-refractivity contribution in [1.29, 1.82) is 0 Å². The van der Waals surface area contributed by atoms with Crippen molar-refractivity contribution in [3.63, 3.8) is 0 Å². The molecule has 2 amide bonds. The van der Waals surface area contributed by atoms with Crippen molar-refractivity contribution < 1.29 is 9.59 Å². The van der Waals surface area contributed by atoms with Gasteiger partial charge in [-0.25, -0.2) is 9.97 Å². The Morgan fingerprint density at radius 3 is 2.20 bits per heavy atom. The van der Waals surface area contributed by atoms with E-state index in [9.17, 15) is 9.59 Å². The lowest BCUT2D eigenvalue weighted by molar-refractivity contribution is -0.124. The van der Waals surface area contributed by atoms with E-state index in [2.05, 4.69) is 20.2 Å². The van der Waals surface area contributed by atoms with Crippen molar-refractivity contribution in [2.45, 2.75) is 49.0 Å². The molecule has 4 saturated carbocycles. The number of hydrogen-bond acceptors (Lipinski definition) is 6. The van der Waals surface area contributed by atoms with Gasteiger partial charge in [0.15, 0.2) is 0 Å². The van der Waals surface area contributed by atoms with Gasteiger partial charge in [-0.3, -0.25) is 9.59 Å².